The fourth-order valence-electron chi connectivity index (χ4n) is 3.44. The number of hydrazine groups is 1. The van der Waals surface area contributed by atoms with Gasteiger partial charge in [-0.05, 0) is 23.8 Å². The summed E-state index contributed by atoms with van der Waals surface area (Å²) in [5, 5.41) is 11.0. The van der Waals surface area contributed by atoms with E-state index in [9.17, 15) is 19.5 Å². The quantitative estimate of drug-likeness (QED) is 0.314. The summed E-state index contributed by atoms with van der Waals surface area (Å²) in [6, 6.07) is 12.3. The highest BCUT2D eigenvalue weighted by molar-refractivity contribution is 6.31. The first-order chi connectivity index (χ1) is 15.2. The predicted molar refractivity (Wildman–Crippen MR) is 122 cm³/mol. The molecular weight excluding hydrogens is 457 g/mol. The Bertz CT molecular complexity index is 1060. The minimum absolute atomic E-state index is 0.0774. The molecule has 32 heavy (non-hydrogen) atoms. The van der Waals surface area contributed by atoms with Crippen molar-refractivity contribution >= 4 is 52.4 Å². The molecule has 5 N–H and O–H groups in total. The first-order valence-corrected chi connectivity index (χ1v) is 10.3. The van der Waals surface area contributed by atoms with Crippen LogP contribution in [-0.4, -0.2) is 46.9 Å². The van der Waals surface area contributed by atoms with E-state index in [1.807, 2.05) is 6.07 Å². The van der Waals surface area contributed by atoms with Gasteiger partial charge in [0, 0.05) is 11.4 Å². The minimum Gasteiger partial charge on any atom is -0.480 e. The molecule has 3 rings (SSSR count). The maximum absolute atomic E-state index is 13.0. The summed E-state index contributed by atoms with van der Waals surface area (Å²) in [5.74, 6) is 3.78. The second-order valence-electron chi connectivity index (χ2n) is 7.10. The summed E-state index contributed by atoms with van der Waals surface area (Å²) in [4.78, 5) is 40.1. The van der Waals surface area contributed by atoms with Crippen molar-refractivity contribution in [1.82, 2.24) is 4.90 Å². The van der Waals surface area contributed by atoms with Gasteiger partial charge in [0.05, 0.1) is 17.6 Å². The van der Waals surface area contributed by atoms with Crippen molar-refractivity contribution in [3.63, 3.8) is 0 Å². The largest absolute Gasteiger partial charge is 0.480 e. The van der Waals surface area contributed by atoms with E-state index < -0.39 is 30.4 Å². The van der Waals surface area contributed by atoms with Crippen molar-refractivity contribution < 1.29 is 19.5 Å². The number of piperazine rings is 1. The van der Waals surface area contributed by atoms with Gasteiger partial charge in [-0.1, -0.05) is 53.5 Å². The average Bonchev–Trinajstić information content (AvgIpc) is 2.73. The van der Waals surface area contributed by atoms with E-state index in [1.165, 1.54) is 17.2 Å². The van der Waals surface area contributed by atoms with Crippen LogP contribution in [0.3, 0.4) is 0 Å². The summed E-state index contributed by atoms with van der Waals surface area (Å²) < 4.78 is 0. The van der Waals surface area contributed by atoms with Crippen molar-refractivity contribution in [2.45, 2.75) is 12.5 Å². The summed E-state index contributed by atoms with van der Waals surface area (Å²) in [7, 11) is 0. The van der Waals surface area contributed by atoms with Crippen LogP contribution in [0.4, 0.5) is 11.4 Å². The number of carbonyl (C=O) groups is 3. The number of carbonyl (C=O) groups excluding carboxylic acids is 2. The number of hydrogen-bond acceptors (Lipinski definition) is 6. The van der Waals surface area contributed by atoms with Crippen LogP contribution in [0.2, 0.25) is 5.02 Å². The Kier molecular flexibility index (Phi) is 7.24. The number of nitrogens with zero attached hydrogens (tertiary/aromatic N) is 3. The number of rotatable bonds is 7. The van der Waals surface area contributed by atoms with Crippen molar-refractivity contribution in [1.29, 1.82) is 0 Å². The molecule has 1 saturated heterocycles. The van der Waals surface area contributed by atoms with E-state index in [2.05, 4.69) is 0 Å². The first kappa shape index (κ1) is 23.4. The molecule has 1 heterocycles. The molecule has 0 aromatic heterocycles. The fourth-order valence-corrected chi connectivity index (χ4v) is 3.71. The van der Waals surface area contributed by atoms with Gasteiger partial charge in [-0.25, -0.2) is 10.6 Å². The Balaban J connectivity index is 1.89. The lowest BCUT2D eigenvalue weighted by molar-refractivity contribution is -0.152. The molecule has 0 aliphatic carbocycles. The molecule has 0 saturated carbocycles. The zero-order chi connectivity index (χ0) is 23.4. The smallest absolute Gasteiger partial charge is 0.326 e. The van der Waals surface area contributed by atoms with Gasteiger partial charge >= 0.3 is 5.97 Å². The van der Waals surface area contributed by atoms with Crippen molar-refractivity contribution in [3.8, 4) is 0 Å². The molecule has 168 valence electrons. The number of halogens is 2. The first-order valence-electron chi connectivity index (χ1n) is 9.50. The maximum atomic E-state index is 13.0. The molecule has 1 unspecified atom stereocenters. The van der Waals surface area contributed by atoms with Gasteiger partial charge in [0.25, 0.3) is 0 Å². The van der Waals surface area contributed by atoms with Crippen LogP contribution in [0, 0.1) is 0 Å². The molecule has 9 nitrogen and oxygen atoms in total. The van der Waals surface area contributed by atoms with E-state index in [-0.39, 0.29) is 23.8 Å². The molecule has 1 aliphatic rings. The van der Waals surface area contributed by atoms with Gasteiger partial charge in [0.15, 0.2) is 0 Å². The summed E-state index contributed by atoms with van der Waals surface area (Å²) >= 11 is 11.8. The van der Waals surface area contributed by atoms with Gasteiger partial charge in [0.2, 0.25) is 11.8 Å². The molecule has 2 aromatic rings. The lowest BCUT2D eigenvalue weighted by atomic mass is 10.0. The Hall–Kier alpha value is -3.27. The van der Waals surface area contributed by atoms with Crippen LogP contribution >= 0.6 is 23.2 Å². The standard InChI is InChI=1S/C21H21Cl2N5O4/c22-14-6-7-15(28(25)10-18(23)24)16(9-14)26-11-20(30)27(12-19(26)29)17(21(31)32)8-13-4-2-1-3-5-13/h1-7,9-10,17H,8,11-12,24-25H2,(H,31,32)/b18-10-. The summed E-state index contributed by atoms with van der Waals surface area (Å²) in [6.45, 7) is -0.786. The minimum atomic E-state index is -1.19. The van der Waals surface area contributed by atoms with Crippen LogP contribution in [0.5, 0.6) is 0 Å². The topological polar surface area (TPSA) is 133 Å². The molecule has 1 atom stereocenters. The number of carboxylic acid groups (broad SMARTS) is 1. The third-order valence-electron chi connectivity index (χ3n) is 4.92. The van der Waals surface area contributed by atoms with Crippen LogP contribution in [0.1, 0.15) is 5.56 Å². The highest BCUT2D eigenvalue weighted by atomic mass is 35.5. The molecule has 1 aliphatic heterocycles. The van der Waals surface area contributed by atoms with Crippen molar-refractivity contribution in [3.05, 3.63) is 70.5 Å². The molecule has 0 spiro atoms. The van der Waals surface area contributed by atoms with Crippen molar-refractivity contribution in [2.24, 2.45) is 11.6 Å². The second-order valence-corrected chi connectivity index (χ2v) is 7.97. The number of hydrogen-bond donors (Lipinski definition) is 3. The van der Waals surface area contributed by atoms with Crippen LogP contribution in [0.25, 0.3) is 0 Å². The second kappa shape index (κ2) is 9.90. The number of anilines is 2. The van der Waals surface area contributed by atoms with Crippen LogP contribution in [-0.2, 0) is 20.8 Å². The normalized spacial score (nSPS) is 15.7. The number of amides is 2. The summed E-state index contributed by atoms with van der Waals surface area (Å²) in [6.07, 6.45) is 1.31. The number of carboxylic acids is 1. The SMILES string of the molecule is N/C(Cl)=C\N(N)c1ccc(Cl)cc1N1CC(=O)N(C(Cc2ccccc2)C(=O)O)CC1=O. The van der Waals surface area contributed by atoms with Crippen molar-refractivity contribution in [2.75, 3.05) is 23.0 Å². The van der Waals surface area contributed by atoms with E-state index in [0.717, 1.165) is 15.5 Å². The van der Waals surface area contributed by atoms with E-state index >= 15 is 0 Å². The predicted octanol–water partition coefficient (Wildman–Crippen LogP) is 1.89. The molecule has 11 heteroatoms. The molecular formula is C21H21Cl2N5O4. The number of aliphatic carboxylic acids is 1. The number of nitrogens with two attached hydrogens (primary N) is 2. The summed E-state index contributed by atoms with van der Waals surface area (Å²) in [5.41, 5.74) is 6.79. The van der Waals surface area contributed by atoms with Gasteiger partial charge in [-0.15, -0.1) is 0 Å². The Morgan fingerprint density at radius 2 is 1.84 bits per heavy atom. The third-order valence-corrected chi connectivity index (χ3v) is 5.26. The zero-order valence-corrected chi connectivity index (χ0v) is 18.3. The molecule has 2 aromatic carbocycles. The Morgan fingerprint density at radius 3 is 2.47 bits per heavy atom. The van der Waals surface area contributed by atoms with Gasteiger partial charge in [-0.3, -0.25) is 19.5 Å². The highest BCUT2D eigenvalue weighted by Crippen LogP contribution is 2.33. The highest BCUT2D eigenvalue weighted by Gasteiger charge is 2.38. The lowest BCUT2D eigenvalue weighted by Crippen LogP contribution is -2.59. The molecule has 0 radical (unpaired) electrons. The van der Waals surface area contributed by atoms with Gasteiger partial charge in [-0.2, -0.15) is 0 Å². The average molecular weight is 478 g/mol. The van der Waals surface area contributed by atoms with Crippen LogP contribution in [0.15, 0.2) is 59.9 Å². The van der Waals surface area contributed by atoms with E-state index in [1.54, 1.807) is 36.4 Å². The Labute approximate surface area is 194 Å². The van der Waals surface area contributed by atoms with E-state index in [0.29, 0.717) is 10.7 Å². The maximum Gasteiger partial charge on any atom is 0.326 e. The van der Waals surface area contributed by atoms with Crippen LogP contribution < -0.4 is 21.5 Å². The molecule has 0 bridgehead atoms. The fraction of sp³-hybridized carbons (Fsp3) is 0.190. The monoisotopic (exact) mass is 477 g/mol. The Morgan fingerprint density at radius 1 is 1.16 bits per heavy atom. The van der Waals surface area contributed by atoms with Gasteiger partial charge < -0.3 is 15.7 Å². The van der Waals surface area contributed by atoms with E-state index in [4.69, 9.17) is 34.8 Å². The van der Waals surface area contributed by atoms with Gasteiger partial charge in [0.1, 0.15) is 24.3 Å². The third kappa shape index (κ3) is 5.31. The molecule has 2 amide bonds. The number of benzene rings is 2. The zero-order valence-electron chi connectivity index (χ0n) is 16.8. The lowest BCUT2D eigenvalue weighted by Gasteiger charge is -2.38. The molecule has 1 fully saturated rings.